The van der Waals surface area contributed by atoms with Crippen LogP contribution in [0.2, 0.25) is 0 Å². The zero-order valence-electron chi connectivity index (χ0n) is 15.2. The Labute approximate surface area is 145 Å². The van der Waals surface area contributed by atoms with E-state index in [1.54, 1.807) is 12.1 Å². The van der Waals surface area contributed by atoms with Gasteiger partial charge in [-0.25, -0.2) is 4.79 Å². The summed E-state index contributed by atoms with van der Waals surface area (Å²) in [5, 5.41) is 0. The number of benzene rings is 1. The van der Waals surface area contributed by atoms with Crippen LogP contribution in [0.5, 0.6) is 5.75 Å². The van der Waals surface area contributed by atoms with Gasteiger partial charge in [-0.1, -0.05) is 52.0 Å². The Balaban J connectivity index is 2.51. The fraction of sp³-hybridized carbons (Fsp3) is 0.550. The molecule has 0 amide bonds. The van der Waals surface area contributed by atoms with Gasteiger partial charge < -0.3 is 14.2 Å². The van der Waals surface area contributed by atoms with E-state index in [0.29, 0.717) is 29.2 Å². The van der Waals surface area contributed by atoms with Gasteiger partial charge in [-0.3, -0.25) is 0 Å². The summed E-state index contributed by atoms with van der Waals surface area (Å²) >= 11 is 0. The molecule has 1 rings (SSSR count). The first-order valence-corrected chi connectivity index (χ1v) is 8.72. The Kier molecular flexibility index (Phi) is 9.66. The average molecular weight is 334 g/mol. The molecule has 0 radical (unpaired) electrons. The number of unbranched alkanes of at least 4 members (excludes halogenated alkanes) is 6. The Hall–Kier alpha value is -1.97. The number of hydrogen-bond donors (Lipinski definition) is 0. The van der Waals surface area contributed by atoms with Gasteiger partial charge in [0, 0.05) is 5.56 Å². The molecular formula is C20H30O4. The first-order valence-electron chi connectivity index (χ1n) is 8.72. The lowest BCUT2D eigenvalue weighted by Gasteiger charge is -2.12. The van der Waals surface area contributed by atoms with E-state index < -0.39 is 5.97 Å². The Morgan fingerprint density at radius 1 is 0.958 bits per heavy atom. The van der Waals surface area contributed by atoms with Crippen LogP contribution >= 0.6 is 0 Å². The number of methoxy groups -OCH3 is 2. The predicted octanol–water partition coefficient (Wildman–Crippen LogP) is 5.22. The van der Waals surface area contributed by atoms with E-state index in [1.165, 1.54) is 52.7 Å². The molecular weight excluding hydrogens is 304 g/mol. The zero-order chi connectivity index (χ0) is 17.8. The third-order valence-electron chi connectivity index (χ3n) is 3.96. The molecule has 0 atom stereocenters. The molecule has 24 heavy (non-hydrogen) atoms. The monoisotopic (exact) mass is 334 g/mol. The molecule has 0 aromatic heterocycles. The summed E-state index contributed by atoms with van der Waals surface area (Å²) in [6, 6.07) is 5.29. The Morgan fingerprint density at radius 2 is 1.62 bits per heavy atom. The SMILES string of the molecule is C=C(OC)c1ccc(OCCCCCCCCC)cc1C(=O)OC. The van der Waals surface area contributed by atoms with Gasteiger partial charge in [0.2, 0.25) is 0 Å². The van der Waals surface area contributed by atoms with Crippen LogP contribution in [0.25, 0.3) is 5.76 Å². The number of ether oxygens (including phenoxy) is 3. The molecule has 0 bridgehead atoms. The van der Waals surface area contributed by atoms with Crippen LogP contribution in [-0.4, -0.2) is 26.8 Å². The zero-order valence-corrected chi connectivity index (χ0v) is 15.2. The van der Waals surface area contributed by atoms with Crippen molar-refractivity contribution < 1.29 is 19.0 Å². The van der Waals surface area contributed by atoms with E-state index in [0.717, 1.165) is 6.42 Å². The van der Waals surface area contributed by atoms with Crippen molar-refractivity contribution in [1.29, 1.82) is 0 Å². The van der Waals surface area contributed by atoms with Crippen LogP contribution in [0, 0.1) is 0 Å². The minimum atomic E-state index is -0.426. The highest BCUT2D eigenvalue weighted by molar-refractivity contribution is 5.95. The molecule has 0 saturated carbocycles. The van der Waals surface area contributed by atoms with Crippen LogP contribution in [0.1, 0.15) is 67.8 Å². The summed E-state index contributed by atoms with van der Waals surface area (Å²) in [5.74, 6) is 0.660. The lowest BCUT2D eigenvalue weighted by atomic mass is 10.1. The maximum Gasteiger partial charge on any atom is 0.338 e. The summed E-state index contributed by atoms with van der Waals surface area (Å²) in [6.45, 7) is 6.67. The molecule has 0 N–H and O–H groups in total. The standard InChI is InChI=1S/C20H30O4/c1-5-6-7-8-9-10-11-14-24-17-12-13-18(16(2)22-3)19(15-17)20(21)23-4/h12-13,15H,2,5-11,14H2,1,3-4H3. The number of carbonyl (C=O) groups is 1. The lowest BCUT2D eigenvalue weighted by molar-refractivity contribution is 0.0599. The maximum absolute atomic E-state index is 11.9. The average Bonchev–Trinajstić information content (AvgIpc) is 2.62. The van der Waals surface area contributed by atoms with Gasteiger partial charge in [-0.15, -0.1) is 0 Å². The summed E-state index contributed by atoms with van der Waals surface area (Å²) in [7, 11) is 2.88. The van der Waals surface area contributed by atoms with Crippen molar-refractivity contribution in [2.75, 3.05) is 20.8 Å². The maximum atomic E-state index is 11.9. The molecule has 4 heteroatoms. The molecule has 0 saturated heterocycles. The van der Waals surface area contributed by atoms with E-state index in [1.807, 2.05) is 6.07 Å². The molecule has 1 aromatic carbocycles. The molecule has 0 aliphatic heterocycles. The van der Waals surface area contributed by atoms with Gasteiger partial charge in [0.05, 0.1) is 26.4 Å². The van der Waals surface area contributed by atoms with E-state index in [4.69, 9.17) is 14.2 Å². The highest BCUT2D eigenvalue weighted by Gasteiger charge is 2.15. The number of esters is 1. The summed E-state index contributed by atoms with van der Waals surface area (Å²) in [4.78, 5) is 11.9. The minimum absolute atomic E-state index is 0.404. The van der Waals surface area contributed by atoms with Crippen molar-refractivity contribution in [2.24, 2.45) is 0 Å². The van der Waals surface area contributed by atoms with Gasteiger partial charge in [-0.2, -0.15) is 0 Å². The van der Waals surface area contributed by atoms with Crippen LogP contribution in [0.15, 0.2) is 24.8 Å². The lowest BCUT2D eigenvalue weighted by Crippen LogP contribution is -2.07. The predicted molar refractivity (Wildman–Crippen MR) is 97.3 cm³/mol. The summed E-state index contributed by atoms with van der Waals surface area (Å²) in [6.07, 6.45) is 8.67. The van der Waals surface area contributed by atoms with Crippen molar-refractivity contribution in [2.45, 2.75) is 51.9 Å². The Morgan fingerprint density at radius 3 is 2.25 bits per heavy atom. The third kappa shape index (κ3) is 6.65. The quantitative estimate of drug-likeness (QED) is 0.299. The van der Waals surface area contributed by atoms with Crippen molar-refractivity contribution in [1.82, 2.24) is 0 Å². The smallest absolute Gasteiger partial charge is 0.338 e. The second-order valence-corrected chi connectivity index (χ2v) is 5.80. The number of carbonyl (C=O) groups excluding carboxylic acids is 1. The Bertz CT molecular complexity index is 522. The second-order valence-electron chi connectivity index (χ2n) is 5.80. The van der Waals surface area contributed by atoms with Gasteiger partial charge in [0.1, 0.15) is 11.5 Å². The normalized spacial score (nSPS) is 10.3. The summed E-state index contributed by atoms with van der Waals surface area (Å²) < 4.78 is 15.7. The van der Waals surface area contributed by atoms with Crippen molar-refractivity contribution in [3.63, 3.8) is 0 Å². The van der Waals surface area contributed by atoms with Crippen molar-refractivity contribution >= 4 is 11.7 Å². The fourth-order valence-corrected chi connectivity index (χ4v) is 2.49. The summed E-state index contributed by atoms with van der Waals surface area (Å²) in [5.41, 5.74) is 1.02. The van der Waals surface area contributed by atoms with Crippen molar-refractivity contribution in [3.8, 4) is 5.75 Å². The first-order chi connectivity index (χ1) is 11.6. The molecule has 0 aliphatic carbocycles. The largest absolute Gasteiger partial charge is 0.497 e. The molecule has 4 nitrogen and oxygen atoms in total. The highest BCUT2D eigenvalue weighted by Crippen LogP contribution is 2.24. The van der Waals surface area contributed by atoms with Crippen LogP contribution in [0.3, 0.4) is 0 Å². The van der Waals surface area contributed by atoms with Gasteiger partial charge in [0.15, 0.2) is 0 Å². The van der Waals surface area contributed by atoms with Crippen LogP contribution in [-0.2, 0) is 9.47 Å². The third-order valence-corrected chi connectivity index (χ3v) is 3.96. The van der Waals surface area contributed by atoms with Crippen LogP contribution in [0.4, 0.5) is 0 Å². The first kappa shape index (κ1) is 20.1. The van der Waals surface area contributed by atoms with Crippen molar-refractivity contribution in [3.05, 3.63) is 35.9 Å². The molecule has 0 unspecified atom stereocenters. The van der Waals surface area contributed by atoms with Gasteiger partial charge >= 0.3 is 5.97 Å². The van der Waals surface area contributed by atoms with E-state index in [9.17, 15) is 4.79 Å². The van der Waals surface area contributed by atoms with Crippen LogP contribution < -0.4 is 4.74 Å². The molecule has 0 spiro atoms. The molecule has 0 fully saturated rings. The highest BCUT2D eigenvalue weighted by atomic mass is 16.5. The fourth-order valence-electron chi connectivity index (χ4n) is 2.49. The van der Waals surface area contributed by atoms with E-state index in [-0.39, 0.29) is 0 Å². The van der Waals surface area contributed by atoms with Gasteiger partial charge in [0.25, 0.3) is 0 Å². The van der Waals surface area contributed by atoms with E-state index in [2.05, 4.69) is 13.5 Å². The number of rotatable bonds is 12. The second kappa shape index (κ2) is 11.5. The minimum Gasteiger partial charge on any atom is -0.497 e. The molecule has 0 aliphatic rings. The van der Waals surface area contributed by atoms with Gasteiger partial charge in [-0.05, 0) is 24.6 Å². The number of hydrogen-bond acceptors (Lipinski definition) is 4. The molecule has 134 valence electrons. The molecule has 1 aromatic rings. The molecule has 0 heterocycles. The topological polar surface area (TPSA) is 44.8 Å². The van der Waals surface area contributed by atoms with E-state index >= 15 is 0 Å².